The highest BCUT2D eigenvalue weighted by Gasteiger charge is 2.37. The second-order valence-electron chi connectivity index (χ2n) is 9.45. The van der Waals surface area contributed by atoms with Gasteiger partial charge in [-0.3, -0.25) is 25.5 Å². The second-order valence-corrected chi connectivity index (χ2v) is 9.45. The highest BCUT2D eigenvalue weighted by Crippen LogP contribution is 2.34. The normalized spacial score (nSPS) is 19.9. The van der Waals surface area contributed by atoms with Crippen LogP contribution in [0.5, 0.6) is 5.75 Å². The molecule has 1 aliphatic carbocycles. The average molecular weight is 458 g/mol. The molecule has 1 saturated carbocycles. The summed E-state index contributed by atoms with van der Waals surface area (Å²) in [7, 11) is 0. The Balaban J connectivity index is 1.16. The molecule has 8 nitrogen and oxygen atoms in total. The van der Waals surface area contributed by atoms with E-state index in [4.69, 9.17) is 15.5 Å². The van der Waals surface area contributed by atoms with Crippen molar-refractivity contribution in [3.05, 3.63) is 42.6 Å². The van der Waals surface area contributed by atoms with Crippen molar-refractivity contribution in [3.8, 4) is 16.9 Å². The van der Waals surface area contributed by atoms with Crippen molar-refractivity contribution in [2.75, 3.05) is 50.9 Å². The molecule has 8 heteroatoms. The largest absolute Gasteiger partial charge is 0.476 e. The van der Waals surface area contributed by atoms with Gasteiger partial charge in [0.1, 0.15) is 24.0 Å². The summed E-state index contributed by atoms with van der Waals surface area (Å²) in [5.74, 6) is 1.59. The van der Waals surface area contributed by atoms with E-state index in [-0.39, 0.29) is 6.73 Å². The maximum Gasteiger partial charge on any atom is 0.147 e. The van der Waals surface area contributed by atoms with Crippen LogP contribution >= 0.6 is 0 Å². The Bertz CT molecular complexity index is 1200. The van der Waals surface area contributed by atoms with Crippen molar-refractivity contribution in [1.29, 1.82) is 0 Å². The van der Waals surface area contributed by atoms with Gasteiger partial charge in [0.25, 0.3) is 0 Å². The Morgan fingerprint density at radius 3 is 2.35 bits per heavy atom. The number of hydrogen-bond acceptors (Lipinski definition) is 8. The van der Waals surface area contributed by atoms with E-state index in [9.17, 15) is 0 Å². The SMILES string of the molecule is C=Nc1cc(-c2ccc3ncc(N4CC(N5CCN(C6CC6)CC5)C4)nc3c2)ccc1OCN. The zero-order valence-corrected chi connectivity index (χ0v) is 19.4. The highest BCUT2D eigenvalue weighted by molar-refractivity contribution is 5.83. The number of anilines is 1. The Kier molecular flexibility index (Phi) is 5.64. The van der Waals surface area contributed by atoms with Gasteiger partial charge in [0, 0.05) is 51.4 Å². The lowest BCUT2D eigenvalue weighted by Gasteiger charge is -2.48. The van der Waals surface area contributed by atoms with Crippen LogP contribution in [-0.2, 0) is 0 Å². The molecule has 6 rings (SSSR count). The summed E-state index contributed by atoms with van der Waals surface area (Å²) < 4.78 is 5.43. The van der Waals surface area contributed by atoms with E-state index in [1.54, 1.807) is 0 Å². The van der Waals surface area contributed by atoms with Gasteiger partial charge < -0.3 is 9.64 Å². The second kappa shape index (κ2) is 8.94. The zero-order valence-electron chi connectivity index (χ0n) is 19.4. The van der Waals surface area contributed by atoms with Gasteiger partial charge in [-0.25, -0.2) is 4.98 Å². The Morgan fingerprint density at radius 2 is 1.65 bits per heavy atom. The Hall–Kier alpha value is -3.07. The fourth-order valence-electron chi connectivity index (χ4n) is 5.15. The van der Waals surface area contributed by atoms with Crippen LogP contribution in [0.3, 0.4) is 0 Å². The van der Waals surface area contributed by atoms with E-state index in [2.05, 4.69) is 43.5 Å². The summed E-state index contributed by atoms with van der Waals surface area (Å²) in [4.78, 5) is 21.4. The van der Waals surface area contributed by atoms with Crippen molar-refractivity contribution < 1.29 is 4.74 Å². The van der Waals surface area contributed by atoms with Gasteiger partial charge in [-0.1, -0.05) is 12.1 Å². The van der Waals surface area contributed by atoms with Gasteiger partial charge in [0.05, 0.1) is 17.2 Å². The minimum Gasteiger partial charge on any atom is -0.476 e. The number of nitrogens with two attached hydrogens (primary N) is 1. The summed E-state index contributed by atoms with van der Waals surface area (Å²) in [5, 5.41) is 0. The van der Waals surface area contributed by atoms with Crippen molar-refractivity contribution >= 4 is 29.3 Å². The Labute approximate surface area is 200 Å². The molecular weight excluding hydrogens is 426 g/mol. The first kappa shape index (κ1) is 21.5. The summed E-state index contributed by atoms with van der Waals surface area (Å²) in [5.41, 5.74) is 10.1. The molecule has 0 spiro atoms. The van der Waals surface area contributed by atoms with E-state index in [0.717, 1.165) is 47.1 Å². The third-order valence-electron chi connectivity index (χ3n) is 7.35. The molecule has 2 aliphatic heterocycles. The lowest BCUT2D eigenvalue weighted by Crippen LogP contribution is -2.63. The zero-order chi connectivity index (χ0) is 23.1. The van der Waals surface area contributed by atoms with Crippen LogP contribution in [0.25, 0.3) is 22.2 Å². The molecule has 2 aromatic carbocycles. The molecule has 34 heavy (non-hydrogen) atoms. The maximum atomic E-state index is 5.51. The summed E-state index contributed by atoms with van der Waals surface area (Å²) in [6, 6.07) is 13.5. The van der Waals surface area contributed by atoms with Gasteiger partial charge >= 0.3 is 0 Å². The molecule has 3 aromatic rings. The molecule has 176 valence electrons. The van der Waals surface area contributed by atoms with Crippen LogP contribution in [0.4, 0.5) is 11.5 Å². The maximum absolute atomic E-state index is 5.51. The van der Waals surface area contributed by atoms with Crippen LogP contribution in [0, 0.1) is 0 Å². The summed E-state index contributed by atoms with van der Waals surface area (Å²) >= 11 is 0. The number of aromatic nitrogens is 2. The molecule has 0 unspecified atom stereocenters. The number of rotatable bonds is 7. The van der Waals surface area contributed by atoms with Crippen molar-refractivity contribution in [2.24, 2.45) is 10.7 Å². The number of hydrogen-bond donors (Lipinski definition) is 1. The third kappa shape index (κ3) is 4.13. The molecule has 2 saturated heterocycles. The van der Waals surface area contributed by atoms with E-state index >= 15 is 0 Å². The van der Waals surface area contributed by atoms with Crippen molar-refractivity contribution in [3.63, 3.8) is 0 Å². The standard InChI is InChI=1S/C26H31N7O/c1-28-24-13-19(3-7-25(24)34-17-27)18-2-6-22-23(12-18)30-26(14-29-22)33-15-21(16-33)32-10-8-31(9-11-32)20-4-5-20/h2-3,6-7,12-14,20-21H,1,4-5,8-11,15-17,27H2. The number of piperazine rings is 1. The minimum atomic E-state index is 0.101. The van der Waals surface area contributed by atoms with Gasteiger partial charge in [0.2, 0.25) is 0 Å². The first-order valence-electron chi connectivity index (χ1n) is 12.2. The first-order valence-corrected chi connectivity index (χ1v) is 12.2. The van der Waals surface area contributed by atoms with Crippen LogP contribution in [0.1, 0.15) is 12.8 Å². The van der Waals surface area contributed by atoms with Crippen LogP contribution < -0.4 is 15.4 Å². The van der Waals surface area contributed by atoms with Gasteiger partial charge in [0.15, 0.2) is 0 Å². The average Bonchev–Trinajstić information content (AvgIpc) is 3.69. The third-order valence-corrected chi connectivity index (χ3v) is 7.35. The predicted molar refractivity (Wildman–Crippen MR) is 136 cm³/mol. The summed E-state index contributed by atoms with van der Waals surface area (Å²) in [6.07, 6.45) is 4.71. The smallest absolute Gasteiger partial charge is 0.147 e. The topological polar surface area (TPSA) is 83.1 Å². The molecular formula is C26H31N7O. The molecule has 1 aromatic heterocycles. The molecule has 0 bridgehead atoms. The molecule has 2 N–H and O–H groups in total. The quantitative estimate of drug-likeness (QED) is 0.431. The lowest BCUT2D eigenvalue weighted by molar-refractivity contribution is 0.0791. The lowest BCUT2D eigenvalue weighted by atomic mass is 10.0. The van der Waals surface area contributed by atoms with E-state index < -0.39 is 0 Å². The molecule has 0 amide bonds. The number of aliphatic imine (C=N–C) groups is 1. The number of nitrogens with zero attached hydrogens (tertiary/aromatic N) is 6. The minimum absolute atomic E-state index is 0.101. The van der Waals surface area contributed by atoms with Crippen molar-refractivity contribution in [2.45, 2.75) is 24.9 Å². The van der Waals surface area contributed by atoms with E-state index in [0.29, 0.717) is 17.5 Å². The predicted octanol–water partition coefficient (Wildman–Crippen LogP) is 2.89. The highest BCUT2D eigenvalue weighted by atomic mass is 16.5. The van der Waals surface area contributed by atoms with Crippen LogP contribution in [0.15, 0.2) is 47.6 Å². The summed E-state index contributed by atoms with van der Waals surface area (Å²) in [6.45, 7) is 10.6. The van der Waals surface area contributed by atoms with Gasteiger partial charge in [-0.2, -0.15) is 0 Å². The fraction of sp³-hybridized carbons (Fsp3) is 0.423. The fourth-order valence-corrected chi connectivity index (χ4v) is 5.15. The molecule has 3 heterocycles. The van der Waals surface area contributed by atoms with Gasteiger partial charge in [-0.15, -0.1) is 0 Å². The molecule has 3 aliphatic rings. The van der Waals surface area contributed by atoms with Crippen molar-refractivity contribution in [1.82, 2.24) is 19.8 Å². The van der Waals surface area contributed by atoms with Crippen LogP contribution in [-0.4, -0.2) is 84.6 Å². The number of fused-ring (bicyclic) bond motifs is 1. The molecule has 0 atom stereocenters. The number of benzene rings is 2. The Morgan fingerprint density at radius 1 is 0.941 bits per heavy atom. The monoisotopic (exact) mass is 457 g/mol. The molecule has 3 fully saturated rings. The van der Waals surface area contributed by atoms with Gasteiger partial charge in [-0.05, 0) is 55.0 Å². The number of ether oxygens (including phenoxy) is 1. The van der Waals surface area contributed by atoms with Crippen LogP contribution in [0.2, 0.25) is 0 Å². The molecule has 0 radical (unpaired) electrons. The van der Waals surface area contributed by atoms with E-state index in [1.807, 2.05) is 30.5 Å². The van der Waals surface area contributed by atoms with E-state index in [1.165, 1.54) is 39.0 Å². The first-order chi connectivity index (χ1) is 16.7.